The van der Waals surface area contributed by atoms with Crippen LogP contribution in [0.15, 0.2) is 12.1 Å². The molecule has 0 aliphatic rings. The van der Waals surface area contributed by atoms with Gasteiger partial charge in [-0.1, -0.05) is 74.3 Å². The van der Waals surface area contributed by atoms with Gasteiger partial charge in [-0.25, -0.2) is 0 Å². The first-order valence-corrected chi connectivity index (χ1v) is 12.2. The molecule has 1 unspecified atom stereocenters. The standard InChI is InChI=1S/C23H42O3P/c1-10-12-13-18(11-2)16-27(24,25)26-21-14-17(3)19(22(4,5)6)15-20(21)23(7,8)9/h14-15,18,24-25H,10-13,16H2,1-9H3/q+1. The number of aryl methyl sites for hydroxylation is 1. The molecule has 0 aliphatic carbocycles. The third-order valence-electron chi connectivity index (χ3n) is 5.23. The maximum absolute atomic E-state index is 10.7. The largest absolute Gasteiger partial charge is 0.452 e. The van der Waals surface area contributed by atoms with Gasteiger partial charge in [-0.2, -0.15) is 9.79 Å². The molecule has 3 nitrogen and oxygen atoms in total. The Morgan fingerprint density at radius 2 is 1.52 bits per heavy atom. The van der Waals surface area contributed by atoms with Crippen LogP contribution < -0.4 is 4.52 Å². The lowest BCUT2D eigenvalue weighted by Gasteiger charge is -2.29. The van der Waals surface area contributed by atoms with Crippen LogP contribution in [0.3, 0.4) is 0 Å². The van der Waals surface area contributed by atoms with Crippen LogP contribution in [0.4, 0.5) is 0 Å². The lowest BCUT2D eigenvalue weighted by molar-refractivity contribution is 0.318. The van der Waals surface area contributed by atoms with Gasteiger partial charge in [-0.3, -0.25) is 4.52 Å². The predicted octanol–water partition coefficient (Wildman–Crippen LogP) is 6.93. The highest BCUT2D eigenvalue weighted by atomic mass is 31.2. The van der Waals surface area contributed by atoms with E-state index in [-0.39, 0.29) is 10.8 Å². The van der Waals surface area contributed by atoms with Gasteiger partial charge in [0.05, 0.1) is 0 Å². The van der Waals surface area contributed by atoms with Gasteiger partial charge in [-0.15, -0.1) is 0 Å². The summed E-state index contributed by atoms with van der Waals surface area (Å²) >= 11 is 0. The summed E-state index contributed by atoms with van der Waals surface area (Å²) in [5.74, 6) is 0.915. The molecule has 27 heavy (non-hydrogen) atoms. The van der Waals surface area contributed by atoms with Gasteiger partial charge >= 0.3 is 7.94 Å². The summed E-state index contributed by atoms with van der Waals surface area (Å²) in [6.07, 6.45) is 4.55. The van der Waals surface area contributed by atoms with E-state index in [0.717, 1.165) is 36.8 Å². The molecule has 0 fully saturated rings. The second-order valence-electron chi connectivity index (χ2n) is 10.0. The van der Waals surface area contributed by atoms with Gasteiger partial charge in [0.2, 0.25) is 0 Å². The van der Waals surface area contributed by atoms with E-state index in [1.54, 1.807) is 0 Å². The van der Waals surface area contributed by atoms with Gasteiger partial charge in [0.15, 0.2) is 11.9 Å². The third kappa shape index (κ3) is 7.37. The Morgan fingerprint density at radius 3 is 1.96 bits per heavy atom. The van der Waals surface area contributed by atoms with Gasteiger partial charge in [0.25, 0.3) is 0 Å². The molecule has 0 aliphatic heterocycles. The van der Waals surface area contributed by atoms with Crippen LogP contribution in [0.25, 0.3) is 0 Å². The van der Waals surface area contributed by atoms with Crippen molar-refractivity contribution >= 4 is 7.94 Å². The summed E-state index contributed by atoms with van der Waals surface area (Å²) in [6, 6.07) is 4.19. The van der Waals surface area contributed by atoms with Crippen molar-refractivity contribution in [3.63, 3.8) is 0 Å². The predicted molar refractivity (Wildman–Crippen MR) is 119 cm³/mol. The average Bonchev–Trinajstić information content (AvgIpc) is 2.48. The summed E-state index contributed by atoms with van der Waals surface area (Å²) in [4.78, 5) is 21.4. The summed E-state index contributed by atoms with van der Waals surface area (Å²) in [6.45, 7) is 19.4. The Bertz CT molecular complexity index is 609. The minimum Gasteiger partial charge on any atom is -0.287 e. The lowest BCUT2D eigenvalue weighted by atomic mass is 9.78. The van der Waals surface area contributed by atoms with E-state index < -0.39 is 7.94 Å². The van der Waals surface area contributed by atoms with Crippen molar-refractivity contribution < 1.29 is 14.3 Å². The Balaban J connectivity index is 3.22. The van der Waals surface area contributed by atoms with E-state index in [1.165, 1.54) is 5.56 Å². The van der Waals surface area contributed by atoms with Crippen LogP contribution in [0, 0.1) is 12.8 Å². The highest BCUT2D eigenvalue weighted by Gasteiger charge is 2.41. The number of unbranched alkanes of at least 4 members (excludes halogenated alkanes) is 1. The van der Waals surface area contributed by atoms with E-state index in [9.17, 15) is 9.79 Å². The minimum absolute atomic E-state index is 0.0285. The topological polar surface area (TPSA) is 49.7 Å². The van der Waals surface area contributed by atoms with Gasteiger partial charge in [-0.05, 0) is 47.8 Å². The second kappa shape index (κ2) is 9.25. The molecule has 1 aromatic rings. The minimum atomic E-state index is -3.45. The van der Waals surface area contributed by atoms with Crippen molar-refractivity contribution in [2.45, 2.75) is 98.8 Å². The SMILES string of the molecule is CCCCC(CC)C[P+](O)(O)Oc1cc(C)c(C(C)(C)C)cc1C(C)(C)C. The Labute approximate surface area is 168 Å². The fourth-order valence-electron chi connectivity index (χ4n) is 3.60. The second-order valence-corrected chi connectivity index (χ2v) is 11.9. The molecule has 0 heterocycles. The average molecular weight is 398 g/mol. The highest BCUT2D eigenvalue weighted by molar-refractivity contribution is 7.60. The van der Waals surface area contributed by atoms with Crippen LogP contribution >= 0.6 is 7.94 Å². The zero-order valence-electron chi connectivity index (χ0n) is 19.0. The molecule has 1 atom stereocenters. The fraction of sp³-hybridized carbons (Fsp3) is 0.739. The number of hydrogen-bond acceptors (Lipinski definition) is 3. The lowest BCUT2D eigenvalue weighted by Crippen LogP contribution is -2.20. The Hall–Kier alpha value is -0.630. The number of rotatable bonds is 8. The van der Waals surface area contributed by atoms with Gasteiger partial charge in [0.1, 0.15) is 0 Å². The molecular weight excluding hydrogens is 355 g/mol. The van der Waals surface area contributed by atoms with E-state index in [0.29, 0.717) is 17.8 Å². The van der Waals surface area contributed by atoms with Crippen molar-refractivity contribution in [2.75, 3.05) is 6.16 Å². The highest BCUT2D eigenvalue weighted by Crippen LogP contribution is 2.55. The summed E-state index contributed by atoms with van der Waals surface area (Å²) < 4.78 is 5.94. The zero-order valence-corrected chi connectivity index (χ0v) is 19.9. The molecule has 0 bridgehead atoms. The zero-order chi connectivity index (χ0) is 21.0. The van der Waals surface area contributed by atoms with Crippen molar-refractivity contribution in [1.82, 2.24) is 0 Å². The van der Waals surface area contributed by atoms with E-state index in [1.807, 2.05) is 6.07 Å². The maximum atomic E-state index is 10.7. The van der Waals surface area contributed by atoms with Crippen molar-refractivity contribution in [3.8, 4) is 5.75 Å². The van der Waals surface area contributed by atoms with Crippen molar-refractivity contribution in [1.29, 1.82) is 0 Å². The first-order chi connectivity index (χ1) is 12.2. The monoisotopic (exact) mass is 397 g/mol. The Kier molecular flexibility index (Phi) is 8.36. The molecule has 0 amide bonds. The van der Waals surface area contributed by atoms with Crippen molar-refractivity contribution in [3.05, 3.63) is 28.8 Å². The molecule has 0 radical (unpaired) electrons. The summed E-state index contributed by atoms with van der Waals surface area (Å²) in [5.41, 5.74) is 3.32. The molecular formula is C23H42O3P+. The normalized spacial score (nSPS) is 14.3. The van der Waals surface area contributed by atoms with Crippen LogP contribution in [0.2, 0.25) is 0 Å². The van der Waals surface area contributed by atoms with Crippen molar-refractivity contribution in [2.24, 2.45) is 5.92 Å². The smallest absolute Gasteiger partial charge is 0.287 e. The van der Waals surface area contributed by atoms with E-state index >= 15 is 0 Å². The molecule has 0 saturated carbocycles. The molecule has 1 aromatic carbocycles. The van der Waals surface area contributed by atoms with Crippen LogP contribution in [0.5, 0.6) is 5.75 Å². The van der Waals surface area contributed by atoms with Crippen LogP contribution in [-0.2, 0) is 10.8 Å². The van der Waals surface area contributed by atoms with E-state index in [2.05, 4.69) is 68.4 Å². The van der Waals surface area contributed by atoms with E-state index in [4.69, 9.17) is 4.52 Å². The molecule has 1 rings (SSSR count). The molecule has 0 spiro atoms. The van der Waals surface area contributed by atoms with Gasteiger partial charge in [0, 0.05) is 11.5 Å². The quantitative estimate of drug-likeness (QED) is 0.467. The summed E-state index contributed by atoms with van der Waals surface area (Å²) in [5, 5.41) is 0. The molecule has 156 valence electrons. The third-order valence-corrected chi connectivity index (χ3v) is 6.71. The van der Waals surface area contributed by atoms with Gasteiger partial charge < -0.3 is 0 Å². The first-order valence-electron chi connectivity index (χ1n) is 10.4. The Morgan fingerprint density at radius 1 is 0.963 bits per heavy atom. The molecule has 4 heteroatoms. The molecule has 2 N–H and O–H groups in total. The number of benzene rings is 1. The van der Waals surface area contributed by atoms with Crippen LogP contribution in [-0.4, -0.2) is 15.9 Å². The maximum Gasteiger partial charge on any atom is 0.452 e. The van der Waals surface area contributed by atoms with Crippen LogP contribution in [0.1, 0.15) is 97.8 Å². The molecule has 0 aromatic heterocycles. The first kappa shape index (κ1) is 24.4. The summed E-state index contributed by atoms with van der Waals surface area (Å²) in [7, 11) is -3.45. The molecule has 0 saturated heterocycles. The number of hydrogen-bond donors (Lipinski definition) is 2. The fourth-order valence-corrected chi connectivity index (χ4v) is 5.25.